The van der Waals surface area contributed by atoms with E-state index in [1.54, 1.807) is 31.8 Å². The Kier molecular flexibility index (Phi) is 7.62. The van der Waals surface area contributed by atoms with Crippen molar-refractivity contribution in [3.05, 3.63) is 124 Å². The Morgan fingerprint density at radius 3 is 2.24 bits per heavy atom. The van der Waals surface area contributed by atoms with Gasteiger partial charge >= 0.3 is 11.9 Å². The summed E-state index contributed by atoms with van der Waals surface area (Å²) < 4.78 is 13.6. The maximum atomic E-state index is 13.8. The van der Waals surface area contributed by atoms with Crippen LogP contribution in [0.25, 0.3) is 16.5 Å². The number of aromatic carboxylic acids is 1. The number of ether oxygens (including phenoxy) is 2. The lowest BCUT2D eigenvalue weighted by atomic mass is 9.89. The molecular weight excluding hydrogens is 516 g/mol. The van der Waals surface area contributed by atoms with Crippen molar-refractivity contribution in [3.8, 4) is 11.4 Å². The maximum absolute atomic E-state index is 13.8. The van der Waals surface area contributed by atoms with E-state index < -0.39 is 18.0 Å². The van der Waals surface area contributed by atoms with Crippen LogP contribution in [0.3, 0.4) is 0 Å². The molecule has 0 aliphatic carbocycles. The topological polar surface area (TPSA) is 90.7 Å². The lowest BCUT2D eigenvalue weighted by Gasteiger charge is -2.26. The third-order valence-electron chi connectivity index (χ3n) is 7.61. The molecule has 0 aliphatic heterocycles. The number of nitrogens with zero attached hydrogens (tertiary/aromatic N) is 2. The van der Waals surface area contributed by atoms with E-state index >= 15 is 0 Å². The van der Waals surface area contributed by atoms with Gasteiger partial charge in [-0.2, -0.15) is 0 Å². The Morgan fingerprint density at radius 2 is 1.59 bits per heavy atom. The normalized spacial score (nSPS) is 12.6. The molecule has 7 heteroatoms. The van der Waals surface area contributed by atoms with Gasteiger partial charge in [-0.05, 0) is 97.1 Å². The van der Waals surface area contributed by atoms with E-state index in [0.29, 0.717) is 0 Å². The van der Waals surface area contributed by atoms with Gasteiger partial charge in [-0.1, -0.05) is 30.3 Å². The Balaban J connectivity index is 1.57. The predicted molar refractivity (Wildman–Crippen MR) is 158 cm³/mol. The van der Waals surface area contributed by atoms with Gasteiger partial charge in [-0.15, -0.1) is 0 Å². The van der Waals surface area contributed by atoms with E-state index in [2.05, 4.69) is 4.98 Å². The number of esters is 1. The van der Waals surface area contributed by atoms with Gasteiger partial charge in [0.2, 0.25) is 0 Å². The fourth-order valence-electron chi connectivity index (χ4n) is 5.27. The smallest absolute Gasteiger partial charge is 0.335 e. The molecule has 7 nitrogen and oxygen atoms in total. The monoisotopic (exact) mass is 548 g/mol. The minimum atomic E-state index is -1.00. The number of methoxy groups -OCH3 is 1. The number of carboxylic acid groups (broad SMARTS) is 1. The van der Waals surface area contributed by atoms with Gasteiger partial charge in [0.05, 0.1) is 24.9 Å². The molecule has 208 valence electrons. The van der Waals surface area contributed by atoms with Crippen molar-refractivity contribution in [2.75, 3.05) is 7.11 Å². The van der Waals surface area contributed by atoms with E-state index in [9.17, 15) is 14.7 Å². The molecule has 1 heterocycles. The third-order valence-corrected chi connectivity index (χ3v) is 7.61. The van der Waals surface area contributed by atoms with Gasteiger partial charge in [-0.3, -0.25) is 4.79 Å². The van der Waals surface area contributed by atoms with Crippen LogP contribution >= 0.6 is 0 Å². The molecular formula is C34H32N2O5. The Bertz CT molecular complexity index is 1730. The fraction of sp³-hybridized carbons (Fsp3) is 0.206. The number of hydrogen-bond donors (Lipinski definition) is 1. The second-order valence-electron chi connectivity index (χ2n) is 10.4. The Hall–Kier alpha value is -4.91. The van der Waals surface area contributed by atoms with E-state index in [4.69, 9.17) is 9.47 Å². The first-order valence-electron chi connectivity index (χ1n) is 13.4. The van der Waals surface area contributed by atoms with Crippen molar-refractivity contribution in [1.82, 2.24) is 9.55 Å². The highest BCUT2D eigenvalue weighted by Crippen LogP contribution is 2.37. The molecule has 0 spiro atoms. The summed E-state index contributed by atoms with van der Waals surface area (Å²) >= 11 is 0. The molecule has 0 amide bonds. The zero-order valence-electron chi connectivity index (χ0n) is 23.7. The van der Waals surface area contributed by atoms with E-state index in [0.717, 1.165) is 55.6 Å². The van der Waals surface area contributed by atoms with Gasteiger partial charge in [0.15, 0.2) is 6.10 Å². The number of benzene rings is 4. The first-order chi connectivity index (χ1) is 19.7. The lowest BCUT2D eigenvalue weighted by Crippen LogP contribution is -2.20. The molecule has 41 heavy (non-hydrogen) atoms. The molecule has 0 saturated carbocycles. The van der Waals surface area contributed by atoms with Gasteiger partial charge < -0.3 is 19.1 Å². The zero-order valence-corrected chi connectivity index (χ0v) is 23.7. The second-order valence-corrected chi connectivity index (χ2v) is 10.4. The van der Waals surface area contributed by atoms with Crippen LogP contribution in [0.2, 0.25) is 0 Å². The summed E-state index contributed by atoms with van der Waals surface area (Å²) in [6, 6.07) is 21.0. The summed E-state index contributed by atoms with van der Waals surface area (Å²) in [5.74, 6) is -1.15. The van der Waals surface area contributed by atoms with Crippen LogP contribution in [0, 0.1) is 20.8 Å². The number of carboxylic acids is 1. The highest BCUT2D eigenvalue weighted by Gasteiger charge is 2.28. The van der Waals surface area contributed by atoms with Crippen molar-refractivity contribution in [2.24, 2.45) is 0 Å². The van der Waals surface area contributed by atoms with Crippen molar-refractivity contribution in [3.63, 3.8) is 0 Å². The molecule has 0 bridgehead atoms. The SMILES string of the molecule is COc1ccc2cc([C@H](C)C(=O)OC(c3cc(-n4ccnc4)ccc3C)c3c(C)cc(C(=O)O)cc3C)ccc2c1. The number of rotatable bonds is 8. The number of carbonyl (C=O) groups excluding carboxylic acids is 1. The number of imidazole rings is 1. The summed E-state index contributed by atoms with van der Waals surface area (Å²) in [6.07, 6.45) is 4.52. The molecule has 4 aromatic carbocycles. The van der Waals surface area contributed by atoms with Gasteiger partial charge in [0, 0.05) is 29.2 Å². The quantitative estimate of drug-likeness (QED) is 0.208. The Morgan fingerprint density at radius 1 is 0.878 bits per heavy atom. The summed E-state index contributed by atoms with van der Waals surface area (Å²) in [6.45, 7) is 7.52. The number of aryl methyl sites for hydroxylation is 3. The number of carbonyl (C=O) groups is 2. The minimum Gasteiger partial charge on any atom is -0.497 e. The average Bonchev–Trinajstić information content (AvgIpc) is 3.50. The van der Waals surface area contributed by atoms with Crippen LogP contribution in [0.5, 0.6) is 5.75 Å². The molecule has 2 atom stereocenters. The predicted octanol–water partition coefficient (Wildman–Crippen LogP) is 7.09. The molecule has 0 fully saturated rings. The van der Waals surface area contributed by atoms with Crippen molar-refractivity contribution in [2.45, 2.75) is 39.7 Å². The van der Waals surface area contributed by atoms with Crippen molar-refractivity contribution in [1.29, 1.82) is 0 Å². The third kappa shape index (κ3) is 5.57. The highest BCUT2D eigenvalue weighted by atomic mass is 16.5. The summed E-state index contributed by atoms with van der Waals surface area (Å²) in [4.78, 5) is 29.7. The molecule has 1 aromatic heterocycles. The number of fused-ring (bicyclic) bond motifs is 1. The van der Waals surface area contributed by atoms with Crippen LogP contribution in [-0.2, 0) is 9.53 Å². The molecule has 0 saturated heterocycles. The van der Waals surface area contributed by atoms with Crippen molar-refractivity contribution < 1.29 is 24.2 Å². The van der Waals surface area contributed by atoms with Gasteiger partial charge in [0.1, 0.15) is 5.75 Å². The zero-order chi connectivity index (χ0) is 29.3. The summed E-state index contributed by atoms with van der Waals surface area (Å²) in [7, 11) is 1.63. The first kappa shape index (κ1) is 27.6. The van der Waals surface area contributed by atoms with Gasteiger partial charge in [-0.25, -0.2) is 9.78 Å². The molecule has 1 N–H and O–H groups in total. The number of aromatic nitrogens is 2. The second kappa shape index (κ2) is 11.3. The van der Waals surface area contributed by atoms with Crippen molar-refractivity contribution >= 4 is 22.7 Å². The summed E-state index contributed by atoms with van der Waals surface area (Å²) in [5.41, 5.74) is 5.91. The van der Waals surface area contributed by atoms with Gasteiger partial charge in [0.25, 0.3) is 0 Å². The molecule has 5 rings (SSSR count). The maximum Gasteiger partial charge on any atom is 0.335 e. The van der Waals surface area contributed by atoms with Crippen LogP contribution in [-0.4, -0.2) is 33.7 Å². The summed E-state index contributed by atoms with van der Waals surface area (Å²) in [5, 5.41) is 11.6. The average molecular weight is 549 g/mol. The van der Waals surface area contributed by atoms with Crippen LogP contribution in [0.4, 0.5) is 0 Å². The molecule has 0 radical (unpaired) electrons. The van der Waals surface area contributed by atoms with E-state index in [1.807, 2.05) is 93.1 Å². The number of hydrogen-bond acceptors (Lipinski definition) is 5. The molecule has 0 aliphatic rings. The highest BCUT2D eigenvalue weighted by molar-refractivity contribution is 5.89. The van der Waals surface area contributed by atoms with Crippen LogP contribution in [0.15, 0.2) is 85.5 Å². The first-order valence-corrected chi connectivity index (χ1v) is 13.4. The Labute approximate surface area is 239 Å². The molecule has 1 unspecified atom stereocenters. The van der Waals surface area contributed by atoms with Crippen LogP contribution < -0.4 is 4.74 Å². The fourth-order valence-corrected chi connectivity index (χ4v) is 5.27. The van der Waals surface area contributed by atoms with Crippen LogP contribution in [0.1, 0.15) is 62.7 Å². The lowest BCUT2D eigenvalue weighted by molar-refractivity contribution is -0.149. The van der Waals surface area contributed by atoms with E-state index in [1.165, 1.54) is 0 Å². The minimum absolute atomic E-state index is 0.193. The largest absolute Gasteiger partial charge is 0.497 e. The molecule has 5 aromatic rings. The standard InChI is InChI=1S/C34H32N2O5/c1-20-6-10-28(36-13-12-35-19-36)18-30(20)32(31-21(2)14-27(33(37)38)15-22(31)3)41-34(39)23(4)24-7-8-26-17-29(40-5)11-9-25(26)16-24/h6-19,23,32H,1-5H3,(H,37,38)/t23-,32?/m0/s1. The van der Waals surface area contributed by atoms with E-state index in [-0.39, 0.29) is 11.5 Å².